The predicted octanol–water partition coefficient (Wildman–Crippen LogP) is 5.44. The third-order valence-electron chi connectivity index (χ3n) is 2.24. The molecule has 0 nitrogen and oxygen atoms in total. The summed E-state index contributed by atoms with van der Waals surface area (Å²) in [4.78, 5) is 2.48. The summed E-state index contributed by atoms with van der Waals surface area (Å²) in [5, 5.41) is 0. The quantitative estimate of drug-likeness (QED) is 0.623. The maximum atomic E-state index is 13.2. The normalized spacial score (nSPS) is 12.8. The summed E-state index contributed by atoms with van der Waals surface area (Å²) in [5.74, 6) is -0.212. The van der Waals surface area contributed by atoms with Crippen LogP contribution in [0.5, 0.6) is 0 Å². The van der Waals surface area contributed by atoms with Gasteiger partial charge in [-0.3, -0.25) is 0 Å². The van der Waals surface area contributed by atoms with Gasteiger partial charge in [0, 0.05) is 14.2 Å². The van der Waals surface area contributed by atoms with Crippen molar-refractivity contribution in [2.45, 2.75) is 11.8 Å². The second-order valence-corrected chi connectivity index (χ2v) is 6.57. The summed E-state index contributed by atoms with van der Waals surface area (Å²) in [6.45, 7) is 2.06. The Bertz CT molecular complexity index is 507. The summed E-state index contributed by atoms with van der Waals surface area (Å²) in [5.41, 5.74) is 0.918. The van der Waals surface area contributed by atoms with Gasteiger partial charge in [-0.25, -0.2) is 4.39 Å². The molecule has 0 fully saturated rings. The Morgan fingerprint density at radius 1 is 1.25 bits per heavy atom. The van der Waals surface area contributed by atoms with Gasteiger partial charge in [0.2, 0.25) is 0 Å². The second kappa shape index (κ2) is 4.98. The average molecular weight is 364 g/mol. The van der Waals surface area contributed by atoms with E-state index < -0.39 is 0 Å². The number of benzene rings is 1. The summed E-state index contributed by atoms with van der Waals surface area (Å²) in [6.07, 6.45) is 0. The zero-order chi connectivity index (χ0) is 11.7. The number of aryl methyl sites for hydroxylation is 1. The lowest BCUT2D eigenvalue weighted by Gasteiger charge is -2.10. The van der Waals surface area contributed by atoms with Crippen LogP contribution in [0.25, 0.3) is 0 Å². The van der Waals surface area contributed by atoms with E-state index in [9.17, 15) is 4.39 Å². The number of hydrogen-bond acceptors (Lipinski definition) is 1. The Morgan fingerprint density at radius 2 is 2.00 bits per heavy atom. The lowest BCUT2D eigenvalue weighted by Crippen LogP contribution is -1.92. The summed E-state index contributed by atoms with van der Waals surface area (Å²) < 4.78 is 14.1. The number of hydrogen-bond donors (Lipinski definition) is 0. The molecule has 0 bridgehead atoms. The van der Waals surface area contributed by atoms with Crippen molar-refractivity contribution in [2.24, 2.45) is 0 Å². The fourth-order valence-electron chi connectivity index (χ4n) is 1.45. The van der Waals surface area contributed by atoms with Crippen LogP contribution < -0.4 is 0 Å². The first-order valence-corrected chi connectivity index (χ1v) is 7.26. The Balaban J connectivity index is 2.40. The fourth-order valence-corrected chi connectivity index (χ4v) is 3.92. The largest absolute Gasteiger partial charge is 0.207 e. The molecule has 0 spiro atoms. The first kappa shape index (κ1) is 12.3. The van der Waals surface area contributed by atoms with Gasteiger partial charge >= 0.3 is 0 Å². The highest BCUT2D eigenvalue weighted by molar-refractivity contribution is 9.11. The Morgan fingerprint density at radius 3 is 2.62 bits per heavy atom. The molecule has 16 heavy (non-hydrogen) atoms. The molecule has 1 aromatic carbocycles. The van der Waals surface area contributed by atoms with E-state index in [0.717, 1.165) is 10.0 Å². The minimum atomic E-state index is -0.212. The van der Waals surface area contributed by atoms with E-state index in [0.29, 0.717) is 0 Å². The van der Waals surface area contributed by atoms with Gasteiger partial charge in [0.15, 0.2) is 0 Å². The van der Waals surface area contributed by atoms with Gasteiger partial charge in [-0.1, -0.05) is 31.9 Å². The van der Waals surface area contributed by atoms with Gasteiger partial charge in [0.1, 0.15) is 5.82 Å². The zero-order valence-corrected chi connectivity index (χ0v) is 12.5. The van der Waals surface area contributed by atoms with Crippen LogP contribution in [0.1, 0.15) is 20.1 Å². The molecule has 1 unspecified atom stereocenters. The number of rotatable bonds is 2. The Kier molecular flexibility index (Phi) is 3.82. The van der Waals surface area contributed by atoms with Crippen molar-refractivity contribution < 1.29 is 4.39 Å². The van der Waals surface area contributed by atoms with E-state index in [-0.39, 0.29) is 10.6 Å². The van der Waals surface area contributed by atoms with Crippen LogP contribution in [-0.4, -0.2) is 0 Å². The molecular weight excluding hydrogens is 355 g/mol. The molecule has 0 amide bonds. The predicted molar refractivity (Wildman–Crippen MR) is 73.9 cm³/mol. The molecule has 0 aliphatic heterocycles. The van der Waals surface area contributed by atoms with Crippen LogP contribution in [0.15, 0.2) is 34.8 Å². The molecule has 2 rings (SSSR count). The van der Waals surface area contributed by atoms with E-state index in [2.05, 4.69) is 50.9 Å². The minimum Gasteiger partial charge on any atom is -0.207 e. The van der Waals surface area contributed by atoms with Crippen molar-refractivity contribution in [3.63, 3.8) is 0 Å². The highest BCUT2D eigenvalue weighted by Crippen LogP contribution is 2.38. The van der Waals surface area contributed by atoms with Crippen molar-refractivity contribution in [1.29, 1.82) is 0 Å². The third-order valence-corrected chi connectivity index (χ3v) is 5.32. The Labute approximate surface area is 115 Å². The molecule has 1 heterocycles. The minimum absolute atomic E-state index is 0.0382. The van der Waals surface area contributed by atoms with Gasteiger partial charge in [0.25, 0.3) is 0 Å². The molecular formula is C12H9Br2FS. The van der Waals surface area contributed by atoms with Crippen LogP contribution in [0.4, 0.5) is 4.39 Å². The van der Waals surface area contributed by atoms with Gasteiger partial charge in [-0.2, -0.15) is 0 Å². The standard InChI is InChI=1S/C12H9Br2FS/c1-7-2-5-11(16-7)12(14)9-6-8(15)3-4-10(9)13/h2-6,12H,1H3. The van der Waals surface area contributed by atoms with E-state index in [4.69, 9.17) is 0 Å². The molecule has 0 radical (unpaired) electrons. The molecule has 0 saturated carbocycles. The van der Waals surface area contributed by atoms with Crippen molar-refractivity contribution in [1.82, 2.24) is 0 Å². The molecule has 0 aliphatic carbocycles. The summed E-state index contributed by atoms with van der Waals surface area (Å²) in [7, 11) is 0. The lowest BCUT2D eigenvalue weighted by atomic mass is 10.1. The van der Waals surface area contributed by atoms with Crippen LogP contribution >= 0.6 is 43.2 Å². The van der Waals surface area contributed by atoms with Gasteiger partial charge < -0.3 is 0 Å². The smallest absolute Gasteiger partial charge is 0.123 e. The first-order valence-electron chi connectivity index (χ1n) is 4.73. The fraction of sp³-hybridized carbons (Fsp3) is 0.167. The second-order valence-electron chi connectivity index (χ2n) is 3.48. The van der Waals surface area contributed by atoms with Crippen molar-refractivity contribution in [3.05, 3.63) is 55.9 Å². The maximum Gasteiger partial charge on any atom is 0.123 e. The number of alkyl halides is 1. The SMILES string of the molecule is Cc1ccc(C(Br)c2cc(F)ccc2Br)s1. The van der Waals surface area contributed by atoms with Gasteiger partial charge in [0.05, 0.1) is 4.83 Å². The molecule has 84 valence electrons. The highest BCUT2D eigenvalue weighted by atomic mass is 79.9. The summed E-state index contributed by atoms with van der Waals surface area (Å²) >= 11 is 8.76. The molecule has 1 aromatic heterocycles. The molecule has 1 atom stereocenters. The van der Waals surface area contributed by atoms with Gasteiger partial charge in [-0.05, 0) is 42.8 Å². The maximum absolute atomic E-state index is 13.2. The molecule has 4 heteroatoms. The van der Waals surface area contributed by atoms with E-state index in [1.165, 1.54) is 15.8 Å². The molecule has 2 aromatic rings. The van der Waals surface area contributed by atoms with Crippen molar-refractivity contribution in [3.8, 4) is 0 Å². The molecule has 0 N–H and O–H groups in total. The van der Waals surface area contributed by atoms with Crippen LogP contribution in [0.3, 0.4) is 0 Å². The third kappa shape index (κ3) is 2.55. The van der Waals surface area contributed by atoms with E-state index in [1.807, 2.05) is 0 Å². The van der Waals surface area contributed by atoms with Crippen LogP contribution in [0, 0.1) is 12.7 Å². The monoisotopic (exact) mass is 362 g/mol. The summed E-state index contributed by atoms with van der Waals surface area (Å²) in [6, 6.07) is 8.88. The molecule has 0 aliphatic rings. The topological polar surface area (TPSA) is 0 Å². The first-order chi connectivity index (χ1) is 7.58. The van der Waals surface area contributed by atoms with Crippen LogP contribution in [-0.2, 0) is 0 Å². The Hall–Kier alpha value is -0.190. The van der Waals surface area contributed by atoms with Crippen LogP contribution in [0.2, 0.25) is 0 Å². The van der Waals surface area contributed by atoms with Gasteiger partial charge in [-0.15, -0.1) is 11.3 Å². The number of halogens is 3. The van der Waals surface area contributed by atoms with E-state index >= 15 is 0 Å². The van der Waals surface area contributed by atoms with Crippen molar-refractivity contribution in [2.75, 3.05) is 0 Å². The van der Waals surface area contributed by atoms with Crippen molar-refractivity contribution >= 4 is 43.2 Å². The molecule has 0 saturated heterocycles. The highest BCUT2D eigenvalue weighted by Gasteiger charge is 2.15. The lowest BCUT2D eigenvalue weighted by molar-refractivity contribution is 0.625. The average Bonchev–Trinajstić information content (AvgIpc) is 2.67. The number of thiophene rings is 1. The van der Waals surface area contributed by atoms with E-state index in [1.54, 1.807) is 23.5 Å². The zero-order valence-electron chi connectivity index (χ0n) is 8.51.